The number of imide groups is 1. The van der Waals surface area contributed by atoms with Crippen molar-refractivity contribution in [3.05, 3.63) is 32.9 Å². The van der Waals surface area contributed by atoms with Crippen molar-refractivity contribution in [3.8, 4) is 5.75 Å². The molecule has 2 rings (SSSR count). The average Bonchev–Trinajstić information content (AvgIpc) is 2.81. The summed E-state index contributed by atoms with van der Waals surface area (Å²) < 4.78 is 10.3. The van der Waals surface area contributed by atoms with Gasteiger partial charge in [-0.3, -0.25) is 9.69 Å². The first-order valence-corrected chi connectivity index (χ1v) is 8.57. The van der Waals surface area contributed by atoms with E-state index in [1.54, 1.807) is 12.1 Å². The van der Waals surface area contributed by atoms with Gasteiger partial charge in [0.05, 0.1) is 16.6 Å². The second-order valence-electron chi connectivity index (χ2n) is 5.12. The number of nitrogens with zero attached hydrogens (tertiary/aromatic N) is 1. The molecule has 0 radical (unpaired) electrons. The minimum atomic E-state index is -0.538. The molecule has 0 spiro atoms. The van der Waals surface area contributed by atoms with Gasteiger partial charge in [-0.15, -0.1) is 0 Å². The van der Waals surface area contributed by atoms with Crippen LogP contribution >= 0.6 is 27.5 Å². The SMILES string of the molecule is CCCN1C(=O)N/C(=C/c2cc(Cl)c(OCC(=O)OC)c(Br)c2)C1=O. The van der Waals surface area contributed by atoms with Gasteiger partial charge in [0.15, 0.2) is 12.4 Å². The number of rotatable bonds is 6. The van der Waals surface area contributed by atoms with Crippen molar-refractivity contribution in [3.63, 3.8) is 0 Å². The highest BCUT2D eigenvalue weighted by Crippen LogP contribution is 2.35. The van der Waals surface area contributed by atoms with E-state index in [-0.39, 0.29) is 29.0 Å². The molecule has 3 amide bonds. The first-order valence-electron chi connectivity index (χ1n) is 7.40. The quantitative estimate of drug-likeness (QED) is 0.425. The summed E-state index contributed by atoms with van der Waals surface area (Å²) in [6.07, 6.45) is 2.20. The molecule has 0 bridgehead atoms. The molecule has 1 aromatic carbocycles. The van der Waals surface area contributed by atoms with Crippen molar-refractivity contribution in [2.24, 2.45) is 0 Å². The third-order valence-electron chi connectivity index (χ3n) is 3.30. The van der Waals surface area contributed by atoms with Crippen LogP contribution in [-0.4, -0.2) is 43.1 Å². The van der Waals surface area contributed by atoms with E-state index in [0.717, 1.165) is 4.90 Å². The fraction of sp³-hybridized carbons (Fsp3) is 0.312. The van der Waals surface area contributed by atoms with Crippen molar-refractivity contribution < 1.29 is 23.9 Å². The highest BCUT2D eigenvalue weighted by molar-refractivity contribution is 9.10. The van der Waals surface area contributed by atoms with Crippen LogP contribution < -0.4 is 10.1 Å². The topological polar surface area (TPSA) is 84.9 Å². The predicted octanol–water partition coefficient (Wildman–Crippen LogP) is 2.96. The lowest BCUT2D eigenvalue weighted by atomic mass is 10.2. The second-order valence-corrected chi connectivity index (χ2v) is 6.38. The van der Waals surface area contributed by atoms with Crippen molar-refractivity contribution >= 4 is 51.5 Å². The van der Waals surface area contributed by atoms with E-state index in [9.17, 15) is 14.4 Å². The summed E-state index contributed by atoms with van der Waals surface area (Å²) in [5, 5.41) is 2.78. The Morgan fingerprint density at radius 1 is 1.40 bits per heavy atom. The molecule has 134 valence electrons. The summed E-state index contributed by atoms with van der Waals surface area (Å²) in [5.74, 6) is -0.641. The van der Waals surface area contributed by atoms with E-state index >= 15 is 0 Å². The molecular formula is C16H16BrClN2O5. The van der Waals surface area contributed by atoms with Crippen LogP contribution in [0.3, 0.4) is 0 Å². The maximum Gasteiger partial charge on any atom is 0.343 e. The van der Waals surface area contributed by atoms with Crippen molar-refractivity contribution in [2.75, 3.05) is 20.3 Å². The van der Waals surface area contributed by atoms with Gasteiger partial charge in [0.25, 0.3) is 5.91 Å². The van der Waals surface area contributed by atoms with E-state index in [4.69, 9.17) is 16.3 Å². The van der Waals surface area contributed by atoms with E-state index in [1.165, 1.54) is 13.2 Å². The molecular weight excluding hydrogens is 416 g/mol. The molecule has 1 saturated heterocycles. The van der Waals surface area contributed by atoms with Crippen LogP contribution in [0, 0.1) is 0 Å². The van der Waals surface area contributed by atoms with Crippen LogP contribution in [0.2, 0.25) is 5.02 Å². The zero-order chi connectivity index (χ0) is 18.6. The number of carbonyl (C=O) groups is 3. The van der Waals surface area contributed by atoms with E-state index in [2.05, 4.69) is 26.0 Å². The Morgan fingerprint density at radius 3 is 2.72 bits per heavy atom. The zero-order valence-electron chi connectivity index (χ0n) is 13.6. The number of hydrogen-bond donors (Lipinski definition) is 1. The normalized spacial score (nSPS) is 15.5. The lowest BCUT2D eigenvalue weighted by Gasteiger charge is -2.10. The molecule has 1 fully saturated rings. The third-order valence-corrected chi connectivity index (χ3v) is 4.17. The molecule has 1 aromatic rings. The maximum absolute atomic E-state index is 12.2. The number of benzene rings is 1. The van der Waals surface area contributed by atoms with Crippen molar-refractivity contribution in [1.82, 2.24) is 10.2 Å². The lowest BCUT2D eigenvalue weighted by Crippen LogP contribution is -2.31. The zero-order valence-corrected chi connectivity index (χ0v) is 15.9. The molecule has 0 aliphatic carbocycles. The highest BCUT2D eigenvalue weighted by Gasteiger charge is 2.32. The Bertz CT molecular complexity index is 727. The number of hydrogen-bond acceptors (Lipinski definition) is 5. The lowest BCUT2D eigenvalue weighted by molar-refractivity contribution is -0.142. The molecule has 0 atom stereocenters. The Labute approximate surface area is 158 Å². The molecule has 25 heavy (non-hydrogen) atoms. The van der Waals surface area contributed by atoms with Gasteiger partial charge in [-0.05, 0) is 46.1 Å². The van der Waals surface area contributed by atoms with Gasteiger partial charge in [-0.2, -0.15) is 0 Å². The molecule has 0 saturated carbocycles. The summed E-state index contributed by atoms with van der Waals surface area (Å²) in [6, 6.07) is 2.78. The number of ether oxygens (including phenoxy) is 2. The highest BCUT2D eigenvalue weighted by atomic mass is 79.9. The molecule has 1 aliphatic heterocycles. The second kappa shape index (κ2) is 8.35. The molecule has 0 aromatic heterocycles. The first kappa shape index (κ1) is 19.3. The van der Waals surface area contributed by atoms with Gasteiger partial charge in [-0.1, -0.05) is 18.5 Å². The summed E-state index contributed by atoms with van der Waals surface area (Å²) >= 11 is 9.48. The van der Waals surface area contributed by atoms with Gasteiger partial charge < -0.3 is 14.8 Å². The number of halogens is 2. The minimum absolute atomic E-state index is 0.171. The molecule has 0 unspecified atom stereocenters. The third kappa shape index (κ3) is 4.52. The van der Waals surface area contributed by atoms with Crippen molar-refractivity contribution in [2.45, 2.75) is 13.3 Å². The molecule has 1 N–H and O–H groups in total. The molecule has 1 heterocycles. The Morgan fingerprint density at radius 2 is 2.12 bits per heavy atom. The van der Waals surface area contributed by atoms with Crippen LogP contribution in [0.25, 0.3) is 6.08 Å². The fourth-order valence-electron chi connectivity index (χ4n) is 2.16. The number of amides is 3. The predicted molar refractivity (Wildman–Crippen MR) is 95.2 cm³/mol. The summed E-state index contributed by atoms with van der Waals surface area (Å²) in [6.45, 7) is 1.95. The van der Waals surface area contributed by atoms with E-state index < -0.39 is 12.0 Å². The van der Waals surface area contributed by atoms with Crippen LogP contribution in [-0.2, 0) is 14.3 Å². The van der Waals surface area contributed by atoms with E-state index in [1.807, 2.05) is 6.92 Å². The maximum atomic E-state index is 12.2. The molecule has 1 aliphatic rings. The number of methoxy groups -OCH3 is 1. The van der Waals surface area contributed by atoms with Crippen molar-refractivity contribution in [1.29, 1.82) is 0 Å². The monoisotopic (exact) mass is 430 g/mol. The molecule has 7 nitrogen and oxygen atoms in total. The Kier molecular flexibility index (Phi) is 6.44. The first-order chi connectivity index (χ1) is 11.9. The van der Waals surface area contributed by atoms with Crippen LogP contribution in [0.5, 0.6) is 5.75 Å². The number of urea groups is 1. The average molecular weight is 432 g/mol. The van der Waals surface area contributed by atoms with Crippen LogP contribution in [0.4, 0.5) is 4.79 Å². The van der Waals surface area contributed by atoms with Gasteiger partial charge in [0, 0.05) is 6.54 Å². The Hall–Kier alpha value is -2.06. The minimum Gasteiger partial charge on any atom is -0.479 e. The number of carbonyl (C=O) groups excluding carboxylic acids is 3. The van der Waals surface area contributed by atoms with Crippen LogP contribution in [0.1, 0.15) is 18.9 Å². The molecule has 9 heteroatoms. The number of nitrogens with one attached hydrogen (secondary N) is 1. The summed E-state index contributed by atoms with van der Waals surface area (Å²) in [5.41, 5.74) is 0.758. The van der Waals surface area contributed by atoms with Gasteiger partial charge in [0.1, 0.15) is 5.70 Å². The van der Waals surface area contributed by atoms with Gasteiger partial charge >= 0.3 is 12.0 Å². The summed E-state index contributed by atoms with van der Waals surface area (Å²) in [7, 11) is 1.26. The fourth-order valence-corrected chi connectivity index (χ4v) is 3.14. The van der Waals surface area contributed by atoms with Gasteiger partial charge in [0.2, 0.25) is 0 Å². The standard InChI is InChI=1S/C16H16BrClN2O5/c1-3-4-20-15(22)12(19-16(20)23)7-9-5-10(17)14(11(18)6-9)25-8-13(21)24-2/h5-7H,3-4,8H2,1-2H3,(H,19,23)/b12-7+. The summed E-state index contributed by atoms with van der Waals surface area (Å²) in [4.78, 5) is 36.3. The largest absolute Gasteiger partial charge is 0.479 e. The Balaban J connectivity index is 2.22. The number of esters is 1. The van der Waals surface area contributed by atoms with Gasteiger partial charge in [-0.25, -0.2) is 9.59 Å². The smallest absolute Gasteiger partial charge is 0.343 e. The van der Waals surface area contributed by atoms with E-state index in [0.29, 0.717) is 23.0 Å². The van der Waals surface area contributed by atoms with Crippen LogP contribution in [0.15, 0.2) is 22.3 Å².